The van der Waals surface area contributed by atoms with Gasteiger partial charge < -0.3 is 14.3 Å². The van der Waals surface area contributed by atoms with Crippen LogP contribution in [0, 0.1) is 0 Å². The highest BCUT2D eigenvalue weighted by Gasteiger charge is 2.12. The lowest BCUT2D eigenvalue weighted by Gasteiger charge is -2.01. The largest absolute Gasteiger partial charge is 0.497 e. The van der Waals surface area contributed by atoms with Crippen LogP contribution < -0.4 is 4.74 Å². The molecule has 0 aliphatic carbocycles. The molecule has 3 heterocycles. The van der Waals surface area contributed by atoms with Crippen LogP contribution in [0.3, 0.4) is 0 Å². The Bertz CT molecular complexity index is 918. The number of nitrogens with zero attached hydrogens (tertiary/aromatic N) is 3. The van der Waals surface area contributed by atoms with E-state index >= 15 is 0 Å². The first-order chi connectivity index (χ1) is 10.3. The number of aryl methyl sites for hydroxylation is 1. The number of hydrogen-bond acceptors (Lipinski definition) is 3. The first-order valence-electron chi connectivity index (χ1n) is 6.68. The Kier molecular flexibility index (Phi) is 2.47. The predicted octanol–water partition coefficient (Wildman–Crippen LogP) is 3.13. The summed E-state index contributed by atoms with van der Waals surface area (Å²) >= 11 is 0. The molecule has 5 heteroatoms. The molecule has 4 aromatic rings. The molecule has 0 unspecified atom stereocenters. The topological polar surface area (TPSA) is 55.7 Å². The van der Waals surface area contributed by atoms with Crippen LogP contribution in [0.1, 0.15) is 0 Å². The third-order valence-electron chi connectivity index (χ3n) is 3.78. The molecule has 5 nitrogen and oxygen atoms in total. The summed E-state index contributed by atoms with van der Waals surface area (Å²) < 4.78 is 7.45. The highest BCUT2D eigenvalue weighted by Crippen LogP contribution is 2.33. The van der Waals surface area contributed by atoms with Gasteiger partial charge in [-0.25, -0.2) is 9.97 Å². The highest BCUT2D eigenvalue weighted by molar-refractivity contribution is 5.98. The minimum atomic E-state index is 0.847. The smallest absolute Gasteiger partial charge is 0.141 e. The van der Waals surface area contributed by atoms with Crippen LogP contribution in [0.15, 0.2) is 43.0 Å². The molecule has 0 aliphatic rings. The summed E-state index contributed by atoms with van der Waals surface area (Å²) in [5.41, 5.74) is 4.17. The van der Waals surface area contributed by atoms with Gasteiger partial charge in [-0.2, -0.15) is 0 Å². The molecule has 1 aromatic carbocycles. The Labute approximate surface area is 121 Å². The summed E-state index contributed by atoms with van der Waals surface area (Å²) in [5.74, 6) is 0.853. The fourth-order valence-electron chi connectivity index (χ4n) is 2.73. The van der Waals surface area contributed by atoms with E-state index in [0.29, 0.717) is 0 Å². The Morgan fingerprint density at radius 1 is 1.24 bits per heavy atom. The van der Waals surface area contributed by atoms with Crippen molar-refractivity contribution in [2.45, 2.75) is 0 Å². The van der Waals surface area contributed by atoms with Crippen LogP contribution in [-0.2, 0) is 7.05 Å². The van der Waals surface area contributed by atoms with Crippen LogP contribution in [0.2, 0.25) is 0 Å². The number of methoxy groups -OCH3 is 1. The van der Waals surface area contributed by atoms with Crippen molar-refractivity contribution in [3.8, 4) is 17.0 Å². The second-order valence-corrected chi connectivity index (χ2v) is 5.05. The average Bonchev–Trinajstić information content (AvgIpc) is 3.08. The fourth-order valence-corrected chi connectivity index (χ4v) is 2.73. The predicted molar refractivity (Wildman–Crippen MR) is 82.4 cm³/mol. The molecule has 0 spiro atoms. The molecule has 0 radical (unpaired) electrons. The minimum absolute atomic E-state index is 0.847. The number of aromatic amines is 1. The third kappa shape index (κ3) is 1.78. The Morgan fingerprint density at radius 2 is 2.14 bits per heavy atom. The maximum Gasteiger partial charge on any atom is 0.141 e. The van der Waals surface area contributed by atoms with E-state index in [4.69, 9.17) is 4.74 Å². The Morgan fingerprint density at radius 3 is 2.95 bits per heavy atom. The van der Waals surface area contributed by atoms with Crippen molar-refractivity contribution in [2.24, 2.45) is 7.05 Å². The maximum atomic E-state index is 5.34. The van der Waals surface area contributed by atoms with Gasteiger partial charge in [0.05, 0.1) is 7.11 Å². The monoisotopic (exact) mass is 278 g/mol. The van der Waals surface area contributed by atoms with E-state index in [1.54, 1.807) is 13.4 Å². The minimum Gasteiger partial charge on any atom is -0.497 e. The van der Waals surface area contributed by atoms with Crippen LogP contribution in [0.25, 0.3) is 33.2 Å². The average molecular weight is 278 g/mol. The van der Waals surface area contributed by atoms with Crippen molar-refractivity contribution in [1.29, 1.82) is 0 Å². The molecule has 21 heavy (non-hydrogen) atoms. The molecule has 0 atom stereocenters. The number of nitrogens with one attached hydrogen (secondary N) is 1. The molecule has 0 aliphatic heterocycles. The molecular formula is C16H14N4O. The van der Waals surface area contributed by atoms with Crippen molar-refractivity contribution < 1.29 is 4.74 Å². The third-order valence-corrected chi connectivity index (χ3v) is 3.78. The molecule has 1 N–H and O–H groups in total. The summed E-state index contributed by atoms with van der Waals surface area (Å²) in [6, 6.07) is 8.17. The van der Waals surface area contributed by atoms with E-state index in [0.717, 1.165) is 38.9 Å². The SMILES string of the molecule is COc1ccc2c(c1)c(-c1cc3cncnc3[nH]1)cn2C. The van der Waals surface area contributed by atoms with Gasteiger partial charge in [0.15, 0.2) is 0 Å². The van der Waals surface area contributed by atoms with Gasteiger partial charge >= 0.3 is 0 Å². The van der Waals surface area contributed by atoms with Gasteiger partial charge in [-0.05, 0) is 24.3 Å². The maximum absolute atomic E-state index is 5.34. The lowest BCUT2D eigenvalue weighted by Crippen LogP contribution is -1.84. The molecule has 0 bridgehead atoms. The lowest BCUT2D eigenvalue weighted by atomic mass is 10.1. The summed E-state index contributed by atoms with van der Waals surface area (Å²) in [6.07, 6.45) is 5.48. The van der Waals surface area contributed by atoms with E-state index in [1.807, 2.05) is 19.3 Å². The number of H-pyrrole nitrogens is 1. The van der Waals surface area contributed by atoms with E-state index in [1.165, 1.54) is 0 Å². The molecule has 0 amide bonds. The van der Waals surface area contributed by atoms with Crippen molar-refractivity contribution in [1.82, 2.24) is 19.5 Å². The van der Waals surface area contributed by atoms with Crippen LogP contribution in [0.5, 0.6) is 5.75 Å². The molecular weight excluding hydrogens is 264 g/mol. The van der Waals surface area contributed by atoms with Crippen molar-refractivity contribution in [3.63, 3.8) is 0 Å². The molecule has 104 valence electrons. The standard InChI is InChI=1S/C16H14N4O/c1-20-8-13(12-6-11(21-2)3-4-15(12)20)14-5-10-7-17-9-18-16(10)19-14/h3-9H,1-2H3,(H,17,18,19). The Balaban J connectivity index is 2.00. The molecule has 3 aromatic heterocycles. The van der Waals surface area contributed by atoms with Gasteiger partial charge in [0.1, 0.15) is 17.7 Å². The second-order valence-electron chi connectivity index (χ2n) is 5.05. The lowest BCUT2D eigenvalue weighted by molar-refractivity contribution is 0.415. The first kappa shape index (κ1) is 12.0. The normalized spacial score (nSPS) is 11.3. The quantitative estimate of drug-likeness (QED) is 0.613. The number of benzene rings is 1. The molecule has 4 rings (SSSR count). The van der Waals surface area contributed by atoms with Gasteiger partial charge in [0.2, 0.25) is 0 Å². The second kappa shape index (κ2) is 4.34. The molecule has 0 fully saturated rings. The van der Waals surface area contributed by atoms with Crippen molar-refractivity contribution in [2.75, 3.05) is 7.11 Å². The summed E-state index contributed by atoms with van der Waals surface area (Å²) in [4.78, 5) is 11.7. The zero-order valence-corrected chi connectivity index (χ0v) is 11.8. The zero-order valence-electron chi connectivity index (χ0n) is 11.8. The van der Waals surface area contributed by atoms with Crippen LogP contribution >= 0.6 is 0 Å². The van der Waals surface area contributed by atoms with Gasteiger partial charge in [0.25, 0.3) is 0 Å². The van der Waals surface area contributed by atoms with E-state index in [9.17, 15) is 0 Å². The zero-order chi connectivity index (χ0) is 14.4. The summed E-state index contributed by atoms with van der Waals surface area (Å²) in [7, 11) is 3.73. The Hall–Kier alpha value is -2.82. The number of ether oxygens (including phenoxy) is 1. The van der Waals surface area contributed by atoms with Gasteiger partial charge in [0, 0.05) is 47.0 Å². The number of fused-ring (bicyclic) bond motifs is 2. The molecule has 0 saturated heterocycles. The first-order valence-corrected chi connectivity index (χ1v) is 6.68. The van der Waals surface area contributed by atoms with Crippen LogP contribution in [0.4, 0.5) is 0 Å². The highest BCUT2D eigenvalue weighted by atomic mass is 16.5. The summed E-state index contributed by atoms with van der Waals surface area (Å²) in [6.45, 7) is 0. The number of aromatic nitrogens is 4. The summed E-state index contributed by atoms with van der Waals surface area (Å²) in [5, 5.41) is 2.16. The molecule has 0 saturated carbocycles. The van der Waals surface area contributed by atoms with Gasteiger partial charge in [-0.1, -0.05) is 0 Å². The van der Waals surface area contributed by atoms with Crippen LogP contribution in [-0.4, -0.2) is 26.6 Å². The van der Waals surface area contributed by atoms with Crippen molar-refractivity contribution >= 4 is 21.9 Å². The fraction of sp³-hybridized carbons (Fsp3) is 0.125. The van der Waals surface area contributed by atoms with E-state index < -0.39 is 0 Å². The van der Waals surface area contributed by atoms with Gasteiger partial charge in [-0.3, -0.25) is 0 Å². The number of hydrogen-bond donors (Lipinski definition) is 1. The van der Waals surface area contributed by atoms with Crippen molar-refractivity contribution in [3.05, 3.63) is 43.0 Å². The van der Waals surface area contributed by atoms with Gasteiger partial charge in [-0.15, -0.1) is 0 Å². The number of rotatable bonds is 2. The van der Waals surface area contributed by atoms with E-state index in [-0.39, 0.29) is 0 Å². The van der Waals surface area contributed by atoms with E-state index in [2.05, 4.69) is 43.9 Å².